The predicted molar refractivity (Wildman–Crippen MR) is 139 cm³/mol. The molecule has 182 valence electrons. The number of carbonyl (C=O) groups is 3. The number of aromatic nitrogens is 1. The lowest BCUT2D eigenvalue weighted by atomic mass is 9.95. The minimum Gasteiger partial charge on any atom is -0.325 e. The molecular weight excluding hydrogens is 452 g/mol. The van der Waals surface area contributed by atoms with Crippen LogP contribution in [0.3, 0.4) is 0 Å². The van der Waals surface area contributed by atoms with Crippen molar-refractivity contribution in [1.29, 1.82) is 0 Å². The van der Waals surface area contributed by atoms with Crippen LogP contribution >= 0.6 is 0 Å². The highest BCUT2D eigenvalue weighted by atomic mass is 16.2. The fraction of sp³-hybridized carbons (Fsp3) is 0.241. The van der Waals surface area contributed by atoms with E-state index in [-0.39, 0.29) is 30.2 Å². The number of nitrogens with one attached hydrogen (secondary N) is 1. The van der Waals surface area contributed by atoms with Crippen molar-refractivity contribution in [2.75, 3.05) is 23.3 Å². The number of imide groups is 1. The standard InChI is InChI=1S/C29H28N4O3/c34-27(21-11-3-1-4-12-21)31-25-17-9-18-30-26(25)32(22-13-5-2-6-14-22)19-10-20-33-28(35)23-15-7-8-16-24(23)29(33)36/h2-3,5-9,11,13-18,21H,1,4,10,12,19-20H2,(H,31,34). The van der Waals surface area contributed by atoms with Crippen molar-refractivity contribution in [3.05, 3.63) is 96.2 Å². The van der Waals surface area contributed by atoms with Gasteiger partial charge in [-0.1, -0.05) is 42.5 Å². The summed E-state index contributed by atoms with van der Waals surface area (Å²) in [6, 6.07) is 20.4. The summed E-state index contributed by atoms with van der Waals surface area (Å²) in [6.07, 6.45) is 9.13. The average Bonchev–Trinajstić information content (AvgIpc) is 3.17. The molecule has 2 heterocycles. The van der Waals surface area contributed by atoms with Gasteiger partial charge < -0.3 is 10.2 Å². The van der Waals surface area contributed by atoms with Crippen LogP contribution in [0.25, 0.3) is 0 Å². The van der Waals surface area contributed by atoms with Crippen molar-refractivity contribution in [2.24, 2.45) is 5.92 Å². The van der Waals surface area contributed by atoms with Crippen LogP contribution in [-0.2, 0) is 4.79 Å². The molecular formula is C29H28N4O3. The number of benzene rings is 2. The van der Waals surface area contributed by atoms with Gasteiger partial charge in [-0.3, -0.25) is 19.3 Å². The van der Waals surface area contributed by atoms with Crippen LogP contribution in [0.2, 0.25) is 0 Å². The zero-order valence-corrected chi connectivity index (χ0v) is 20.0. The number of hydrogen-bond donors (Lipinski definition) is 1. The lowest BCUT2D eigenvalue weighted by Crippen LogP contribution is -2.33. The molecule has 0 saturated heterocycles. The molecule has 1 unspecified atom stereocenters. The van der Waals surface area contributed by atoms with Gasteiger partial charge in [0.2, 0.25) is 5.91 Å². The number of rotatable bonds is 8. The SMILES string of the molecule is O=C(Nc1cccnc1N(CCCN1C(=O)c2ccccc2C1=O)c1ccccc1)C1C=CCCC1. The predicted octanol–water partition coefficient (Wildman–Crippen LogP) is 5.20. The van der Waals surface area contributed by atoms with Crippen molar-refractivity contribution in [1.82, 2.24) is 9.88 Å². The van der Waals surface area contributed by atoms with E-state index < -0.39 is 0 Å². The maximum Gasteiger partial charge on any atom is 0.261 e. The topological polar surface area (TPSA) is 82.6 Å². The summed E-state index contributed by atoms with van der Waals surface area (Å²) in [5.74, 6) is -0.0781. The summed E-state index contributed by atoms with van der Waals surface area (Å²) in [5, 5.41) is 3.08. The molecule has 7 nitrogen and oxygen atoms in total. The van der Waals surface area contributed by atoms with Crippen LogP contribution in [0.15, 0.2) is 85.1 Å². The summed E-state index contributed by atoms with van der Waals surface area (Å²) in [4.78, 5) is 46.4. The Morgan fingerprint density at radius 1 is 0.972 bits per heavy atom. The van der Waals surface area contributed by atoms with Gasteiger partial charge in [-0.15, -0.1) is 0 Å². The molecule has 36 heavy (non-hydrogen) atoms. The maximum absolute atomic E-state index is 13.0. The molecule has 5 rings (SSSR count). The number of pyridine rings is 1. The van der Waals surface area contributed by atoms with Crippen LogP contribution < -0.4 is 10.2 Å². The van der Waals surface area contributed by atoms with Crippen LogP contribution in [0.4, 0.5) is 17.2 Å². The first-order valence-corrected chi connectivity index (χ1v) is 12.3. The van der Waals surface area contributed by atoms with Crippen molar-refractivity contribution in [3.63, 3.8) is 0 Å². The molecule has 1 aliphatic carbocycles. The summed E-state index contributed by atoms with van der Waals surface area (Å²) in [6.45, 7) is 0.789. The first kappa shape index (κ1) is 23.5. The van der Waals surface area contributed by atoms with E-state index in [0.717, 1.165) is 24.9 Å². The Morgan fingerprint density at radius 3 is 2.39 bits per heavy atom. The highest BCUT2D eigenvalue weighted by Crippen LogP contribution is 2.31. The molecule has 0 bridgehead atoms. The summed E-state index contributed by atoms with van der Waals surface area (Å²) in [7, 11) is 0. The molecule has 2 aliphatic rings. The molecule has 3 amide bonds. The summed E-state index contributed by atoms with van der Waals surface area (Å²) >= 11 is 0. The molecule has 7 heteroatoms. The third kappa shape index (κ3) is 4.77. The first-order valence-electron chi connectivity index (χ1n) is 12.3. The van der Waals surface area contributed by atoms with Gasteiger partial charge in [0.1, 0.15) is 0 Å². The fourth-order valence-corrected chi connectivity index (χ4v) is 4.76. The van der Waals surface area contributed by atoms with E-state index in [1.807, 2.05) is 47.4 Å². The monoisotopic (exact) mass is 480 g/mol. The molecule has 0 radical (unpaired) electrons. The van der Waals surface area contributed by atoms with E-state index in [1.165, 1.54) is 4.90 Å². The second-order valence-corrected chi connectivity index (χ2v) is 8.98. The Morgan fingerprint density at radius 2 is 1.69 bits per heavy atom. The van der Waals surface area contributed by atoms with Gasteiger partial charge in [-0.2, -0.15) is 0 Å². The third-order valence-electron chi connectivity index (χ3n) is 6.60. The minimum atomic E-state index is -0.256. The van der Waals surface area contributed by atoms with Crippen LogP contribution in [0, 0.1) is 5.92 Å². The van der Waals surface area contributed by atoms with Crippen molar-refractivity contribution < 1.29 is 14.4 Å². The number of amides is 3. The van der Waals surface area contributed by atoms with Crippen LogP contribution in [-0.4, -0.2) is 40.7 Å². The van der Waals surface area contributed by atoms with Crippen molar-refractivity contribution in [3.8, 4) is 0 Å². The summed E-state index contributed by atoms with van der Waals surface area (Å²) < 4.78 is 0. The van der Waals surface area contributed by atoms with Gasteiger partial charge in [-0.05, 0) is 62.1 Å². The highest BCUT2D eigenvalue weighted by Gasteiger charge is 2.34. The van der Waals surface area contributed by atoms with Crippen molar-refractivity contribution >= 4 is 34.9 Å². The summed E-state index contributed by atoms with van der Waals surface area (Å²) in [5.41, 5.74) is 2.44. The number of anilines is 3. The number of hydrogen-bond acceptors (Lipinski definition) is 5. The molecule has 2 aromatic carbocycles. The quantitative estimate of drug-likeness (QED) is 0.354. The Labute approximate surface area is 210 Å². The molecule has 1 aliphatic heterocycles. The van der Waals surface area contributed by atoms with Crippen molar-refractivity contribution in [2.45, 2.75) is 25.7 Å². The smallest absolute Gasteiger partial charge is 0.261 e. The average molecular weight is 481 g/mol. The largest absolute Gasteiger partial charge is 0.325 e. The molecule has 1 aromatic heterocycles. The molecule has 0 spiro atoms. The molecule has 3 aromatic rings. The zero-order valence-electron chi connectivity index (χ0n) is 20.0. The Hall–Kier alpha value is -4.26. The number of fused-ring (bicyclic) bond motifs is 1. The van der Waals surface area contributed by atoms with E-state index in [0.29, 0.717) is 35.6 Å². The van der Waals surface area contributed by atoms with E-state index in [1.54, 1.807) is 36.5 Å². The van der Waals surface area contributed by atoms with Gasteiger partial charge in [0.05, 0.1) is 22.7 Å². The molecule has 0 fully saturated rings. The normalized spacial score (nSPS) is 16.7. The van der Waals surface area contributed by atoms with Crippen LogP contribution in [0.5, 0.6) is 0 Å². The number of allylic oxidation sites excluding steroid dienone is 1. The van der Waals surface area contributed by atoms with Gasteiger partial charge in [0.15, 0.2) is 5.82 Å². The van der Waals surface area contributed by atoms with Gasteiger partial charge in [-0.25, -0.2) is 4.98 Å². The second kappa shape index (κ2) is 10.6. The number of para-hydroxylation sites is 1. The van der Waals surface area contributed by atoms with Gasteiger partial charge in [0, 0.05) is 25.0 Å². The lowest BCUT2D eigenvalue weighted by Gasteiger charge is -2.27. The lowest BCUT2D eigenvalue weighted by molar-refractivity contribution is -0.118. The van der Waals surface area contributed by atoms with E-state index in [9.17, 15) is 14.4 Å². The molecule has 1 N–H and O–H groups in total. The number of carbonyl (C=O) groups excluding carboxylic acids is 3. The molecule has 0 saturated carbocycles. The Bertz CT molecular complexity index is 1270. The Balaban J connectivity index is 1.35. The van der Waals surface area contributed by atoms with Gasteiger partial charge in [0.25, 0.3) is 11.8 Å². The Kier molecular flexibility index (Phi) is 6.89. The first-order chi connectivity index (χ1) is 17.6. The van der Waals surface area contributed by atoms with E-state index >= 15 is 0 Å². The number of nitrogens with zero attached hydrogens (tertiary/aromatic N) is 3. The fourth-order valence-electron chi connectivity index (χ4n) is 4.76. The van der Waals surface area contributed by atoms with E-state index in [2.05, 4.69) is 16.4 Å². The third-order valence-corrected chi connectivity index (χ3v) is 6.60. The maximum atomic E-state index is 13.0. The minimum absolute atomic E-state index is 0.0424. The van der Waals surface area contributed by atoms with E-state index in [4.69, 9.17) is 0 Å². The molecule has 1 atom stereocenters. The second-order valence-electron chi connectivity index (χ2n) is 8.98. The highest BCUT2D eigenvalue weighted by molar-refractivity contribution is 6.21. The van der Waals surface area contributed by atoms with Crippen LogP contribution in [0.1, 0.15) is 46.4 Å². The zero-order chi connectivity index (χ0) is 24.9. The van der Waals surface area contributed by atoms with Gasteiger partial charge >= 0.3 is 0 Å².